The van der Waals surface area contributed by atoms with Crippen LogP contribution in [0.4, 0.5) is 0 Å². The van der Waals surface area contributed by atoms with Crippen molar-refractivity contribution in [3.63, 3.8) is 0 Å². The highest BCUT2D eigenvalue weighted by Gasteiger charge is 2.46. The molecule has 9 nitrogen and oxygen atoms in total. The number of phenols is 2. The number of benzene rings is 1. The fourth-order valence-corrected chi connectivity index (χ4v) is 3.05. The lowest BCUT2D eigenvalue weighted by atomic mass is 9.90. The first kappa shape index (κ1) is 17.6. The van der Waals surface area contributed by atoms with Crippen molar-refractivity contribution in [2.75, 3.05) is 6.61 Å². The van der Waals surface area contributed by atoms with Gasteiger partial charge in [-0.2, -0.15) is 0 Å². The predicted octanol–water partition coefficient (Wildman–Crippen LogP) is -0.972. The number of aryl methyl sites for hydroxylation is 1. The molecule has 2 aromatic rings. The van der Waals surface area contributed by atoms with Gasteiger partial charge in [0.1, 0.15) is 53.2 Å². The van der Waals surface area contributed by atoms with Crippen LogP contribution in [0.2, 0.25) is 0 Å². The normalized spacial score (nSPS) is 29.9. The quantitative estimate of drug-likeness (QED) is 0.398. The molecule has 2 heterocycles. The molecule has 3 rings (SSSR count). The number of fused-ring (bicyclic) bond motifs is 1. The molecule has 1 saturated heterocycles. The summed E-state index contributed by atoms with van der Waals surface area (Å²) in [5.41, 5.74) is -0.959. The Hall–Kier alpha value is -2.17. The van der Waals surface area contributed by atoms with Crippen LogP contribution in [0.1, 0.15) is 17.4 Å². The first-order valence-electron chi connectivity index (χ1n) is 7.56. The van der Waals surface area contributed by atoms with Crippen molar-refractivity contribution >= 4 is 11.0 Å². The van der Waals surface area contributed by atoms with E-state index in [1.807, 2.05) is 0 Å². The molecule has 1 fully saturated rings. The van der Waals surface area contributed by atoms with Gasteiger partial charge in [-0.1, -0.05) is 0 Å². The summed E-state index contributed by atoms with van der Waals surface area (Å²) >= 11 is 0. The summed E-state index contributed by atoms with van der Waals surface area (Å²) < 4.78 is 10.9. The van der Waals surface area contributed by atoms with Gasteiger partial charge < -0.3 is 39.8 Å². The molecule has 0 saturated carbocycles. The van der Waals surface area contributed by atoms with Crippen molar-refractivity contribution in [1.82, 2.24) is 0 Å². The molecule has 25 heavy (non-hydrogen) atoms. The summed E-state index contributed by atoms with van der Waals surface area (Å²) in [6.45, 7) is 0.834. The van der Waals surface area contributed by atoms with E-state index >= 15 is 0 Å². The SMILES string of the molecule is Cc1cc(=O)c2c(O)cc(O)c([C@H]3O[C@H](CO)[C@@H](O)[C@H](O)[C@@H]3O)c2o1. The van der Waals surface area contributed by atoms with Crippen LogP contribution >= 0.6 is 0 Å². The van der Waals surface area contributed by atoms with E-state index in [4.69, 9.17) is 9.15 Å². The summed E-state index contributed by atoms with van der Waals surface area (Å²) in [5, 5.41) is 59.3. The summed E-state index contributed by atoms with van der Waals surface area (Å²) in [4.78, 5) is 12.2. The molecule has 1 aromatic carbocycles. The highest BCUT2D eigenvalue weighted by molar-refractivity contribution is 5.88. The Bertz CT molecular complexity index is 857. The lowest BCUT2D eigenvalue weighted by Crippen LogP contribution is -2.55. The van der Waals surface area contributed by atoms with Crippen molar-refractivity contribution in [3.05, 3.63) is 33.7 Å². The third kappa shape index (κ3) is 2.75. The number of rotatable bonds is 2. The monoisotopic (exact) mass is 354 g/mol. The number of aliphatic hydroxyl groups is 4. The van der Waals surface area contributed by atoms with E-state index in [0.29, 0.717) is 0 Å². The van der Waals surface area contributed by atoms with E-state index in [2.05, 4.69) is 0 Å². The van der Waals surface area contributed by atoms with Gasteiger partial charge in [0, 0.05) is 12.1 Å². The molecular weight excluding hydrogens is 336 g/mol. The van der Waals surface area contributed by atoms with Gasteiger partial charge in [-0.3, -0.25) is 4.79 Å². The minimum Gasteiger partial charge on any atom is -0.507 e. The van der Waals surface area contributed by atoms with Crippen LogP contribution in [0.15, 0.2) is 21.3 Å². The second-order valence-corrected chi connectivity index (χ2v) is 6.00. The van der Waals surface area contributed by atoms with Crippen LogP contribution in [0, 0.1) is 6.92 Å². The lowest BCUT2D eigenvalue weighted by Gasteiger charge is -2.40. The van der Waals surface area contributed by atoms with Crippen molar-refractivity contribution in [2.24, 2.45) is 0 Å². The van der Waals surface area contributed by atoms with Gasteiger partial charge >= 0.3 is 0 Å². The van der Waals surface area contributed by atoms with Crippen molar-refractivity contribution in [1.29, 1.82) is 0 Å². The Morgan fingerprint density at radius 1 is 1.04 bits per heavy atom. The Labute approximate surface area is 141 Å². The minimum absolute atomic E-state index is 0.175. The number of ether oxygens (including phenoxy) is 1. The molecular formula is C16H18O9. The van der Waals surface area contributed by atoms with E-state index in [-0.39, 0.29) is 22.3 Å². The minimum atomic E-state index is -1.68. The molecule has 0 amide bonds. The molecule has 0 bridgehead atoms. The van der Waals surface area contributed by atoms with Gasteiger partial charge in [-0.15, -0.1) is 0 Å². The molecule has 1 aliphatic heterocycles. The number of hydrogen-bond donors (Lipinski definition) is 6. The average molecular weight is 354 g/mol. The highest BCUT2D eigenvalue weighted by atomic mass is 16.5. The van der Waals surface area contributed by atoms with E-state index in [9.17, 15) is 35.4 Å². The van der Waals surface area contributed by atoms with Crippen LogP contribution in [0.5, 0.6) is 11.5 Å². The molecule has 136 valence electrons. The highest BCUT2D eigenvalue weighted by Crippen LogP contribution is 2.42. The van der Waals surface area contributed by atoms with Crippen molar-refractivity contribution < 1.29 is 39.8 Å². The lowest BCUT2D eigenvalue weighted by molar-refractivity contribution is -0.231. The molecule has 0 radical (unpaired) electrons. The van der Waals surface area contributed by atoms with Crippen molar-refractivity contribution in [2.45, 2.75) is 37.4 Å². The zero-order valence-electron chi connectivity index (χ0n) is 13.2. The summed E-state index contributed by atoms with van der Waals surface area (Å²) in [5.74, 6) is -0.869. The van der Waals surface area contributed by atoms with Crippen molar-refractivity contribution in [3.8, 4) is 11.5 Å². The van der Waals surface area contributed by atoms with Gasteiger partial charge in [0.25, 0.3) is 0 Å². The molecule has 9 heteroatoms. The molecule has 1 aromatic heterocycles. The van der Waals surface area contributed by atoms with Crippen LogP contribution < -0.4 is 5.43 Å². The third-order valence-electron chi connectivity index (χ3n) is 4.30. The zero-order chi connectivity index (χ0) is 18.5. The number of hydrogen-bond acceptors (Lipinski definition) is 9. The molecule has 5 atom stereocenters. The Morgan fingerprint density at radius 3 is 2.36 bits per heavy atom. The third-order valence-corrected chi connectivity index (χ3v) is 4.30. The maximum absolute atomic E-state index is 12.2. The first-order valence-corrected chi connectivity index (χ1v) is 7.56. The van der Waals surface area contributed by atoms with Crippen LogP contribution in [-0.2, 0) is 4.74 Å². The second kappa shape index (κ2) is 6.28. The number of aromatic hydroxyl groups is 2. The van der Waals surface area contributed by atoms with Gasteiger partial charge in [0.05, 0.1) is 12.2 Å². The smallest absolute Gasteiger partial charge is 0.196 e. The fraction of sp³-hybridized carbons (Fsp3) is 0.438. The Kier molecular flexibility index (Phi) is 4.43. The molecule has 0 spiro atoms. The van der Waals surface area contributed by atoms with E-state index < -0.39 is 54.1 Å². The van der Waals surface area contributed by atoms with E-state index in [1.54, 1.807) is 0 Å². The maximum Gasteiger partial charge on any atom is 0.196 e. The average Bonchev–Trinajstić information content (AvgIpc) is 2.53. The topological polar surface area (TPSA) is 161 Å². The van der Waals surface area contributed by atoms with E-state index in [1.165, 1.54) is 6.92 Å². The van der Waals surface area contributed by atoms with Gasteiger partial charge in [0.15, 0.2) is 11.0 Å². The molecule has 0 aliphatic carbocycles. The Balaban J connectivity index is 2.26. The van der Waals surface area contributed by atoms with Crippen LogP contribution in [0.3, 0.4) is 0 Å². The largest absolute Gasteiger partial charge is 0.507 e. The maximum atomic E-state index is 12.2. The van der Waals surface area contributed by atoms with Crippen LogP contribution in [-0.4, -0.2) is 61.7 Å². The standard InChI is InChI=1S/C16H18O9/c1-5-2-6(18)10-7(19)3-8(20)11(15(10)24-5)16-14(23)13(22)12(21)9(4-17)25-16/h2-3,9,12-14,16-17,19-23H,4H2,1H3/t9-,12-,13+,14+,16-/m1/s1. The number of phenolic OH excluding ortho intramolecular Hbond substituents is 2. The van der Waals surface area contributed by atoms with Gasteiger partial charge in [-0.05, 0) is 6.92 Å². The molecule has 0 unspecified atom stereocenters. The predicted molar refractivity (Wildman–Crippen MR) is 83.3 cm³/mol. The summed E-state index contributed by atoms with van der Waals surface area (Å²) in [6.07, 6.45) is -7.54. The second-order valence-electron chi connectivity index (χ2n) is 6.00. The molecule has 6 N–H and O–H groups in total. The summed E-state index contributed by atoms with van der Waals surface area (Å²) in [6, 6.07) is 2.04. The first-order chi connectivity index (χ1) is 11.8. The molecule has 1 aliphatic rings. The number of aliphatic hydroxyl groups excluding tert-OH is 4. The van der Waals surface area contributed by atoms with E-state index in [0.717, 1.165) is 12.1 Å². The fourth-order valence-electron chi connectivity index (χ4n) is 3.05. The van der Waals surface area contributed by atoms with Gasteiger partial charge in [0.2, 0.25) is 0 Å². The Morgan fingerprint density at radius 2 is 1.72 bits per heavy atom. The van der Waals surface area contributed by atoms with Gasteiger partial charge in [-0.25, -0.2) is 0 Å². The van der Waals surface area contributed by atoms with Crippen LogP contribution in [0.25, 0.3) is 11.0 Å². The summed E-state index contributed by atoms with van der Waals surface area (Å²) in [7, 11) is 0. The zero-order valence-corrected chi connectivity index (χ0v) is 13.2.